The molecule has 0 saturated heterocycles. The van der Waals surface area contributed by atoms with Crippen LogP contribution < -0.4 is 41.4 Å². The van der Waals surface area contributed by atoms with Crippen molar-refractivity contribution < 1.29 is 19.1 Å². The summed E-state index contributed by atoms with van der Waals surface area (Å²) < 4.78 is 10.6. The molecule has 0 bridgehead atoms. The number of amides is 2. The molecule has 4 aromatic rings. The molecule has 236 valence electrons. The average molecular weight is 619 g/mol. The van der Waals surface area contributed by atoms with Crippen LogP contribution in [0.4, 0.5) is 11.4 Å². The topological polar surface area (TPSA) is 135 Å². The number of ether oxygens (including phenoxy) is 2. The minimum atomic E-state index is -0.196. The van der Waals surface area contributed by atoms with Gasteiger partial charge >= 0.3 is 0 Å². The molecule has 0 aliphatic carbocycles. The first-order valence-electron chi connectivity index (χ1n) is 15.6. The van der Waals surface area contributed by atoms with Crippen LogP contribution in [0.3, 0.4) is 0 Å². The standard InChI is InChI=1S/2C18H19N3O2/c2*1-23-12-5-2-4-11(10-12)17-20-18(22)14-7-3-6-13-15(19)8-9-21(17)16(13)14/h2*2-7,10,15,17H,8-9,19H2,1H3,(H,20,22)/t2*15-,17+/m10/s1. The van der Waals surface area contributed by atoms with Crippen molar-refractivity contribution in [1.82, 2.24) is 10.6 Å². The zero-order valence-corrected chi connectivity index (χ0v) is 25.9. The molecule has 0 radical (unpaired) electrons. The van der Waals surface area contributed by atoms with Crippen LogP contribution in [-0.2, 0) is 0 Å². The Balaban J connectivity index is 0.000000147. The number of carbonyl (C=O) groups excluding carboxylic acids is 2. The first-order chi connectivity index (χ1) is 22.4. The van der Waals surface area contributed by atoms with Crippen molar-refractivity contribution in [3.8, 4) is 11.5 Å². The number of nitrogens with one attached hydrogen (secondary N) is 2. The van der Waals surface area contributed by atoms with Gasteiger partial charge in [-0.1, -0.05) is 48.5 Å². The molecule has 0 unspecified atom stereocenters. The highest BCUT2D eigenvalue weighted by molar-refractivity contribution is 6.04. The predicted octanol–water partition coefficient (Wildman–Crippen LogP) is 4.69. The van der Waals surface area contributed by atoms with Crippen LogP contribution in [0.15, 0.2) is 84.9 Å². The number of hydrogen-bond acceptors (Lipinski definition) is 8. The summed E-state index contributed by atoms with van der Waals surface area (Å²) in [5, 5.41) is 6.22. The molecule has 4 aromatic carbocycles. The molecule has 0 fully saturated rings. The fourth-order valence-electron chi connectivity index (χ4n) is 7.05. The highest BCUT2D eigenvalue weighted by atomic mass is 16.5. The SMILES string of the molecule is COc1cccc([C@@H]2NC(=O)c3cccc4c3N2CC[C@@H]4N)c1.COc1cccc([C@H]2NC(=O)c3cccc4c3N2CC[C@H]4N)c1. The van der Waals surface area contributed by atoms with Gasteiger partial charge in [0.2, 0.25) is 0 Å². The highest BCUT2D eigenvalue weighted by Gasteiger charge is 2.38. The van der Waals surface area contributed by atoms with E-state index in [0.717, 1.165) is 71.1 Å². The van der Waals surface area contributed by atoms with Crippen molar-refractivity contribution in [3.63, 3.8) is 0 Å². The lowest BCUT2D eigenvalue weighted by molar-refractivity contribution is 0.0916. The van der Waals surface area contributed by atoms with Gasteiger partial charge in [0.25, 0.3) is 11.8 Å². The highest BCUT2D eigenvalue weighted by Crippen LogP contribution is 2.43. The molecule has 10 nitrogen and oxygen atoms in total. The zero-order chi connectivity index (χ0) is 31.9. The van der Waals surface area contributed by atoms with Crippen LogP contribution in [-0.4, -0.2) is 39.1 Å². The molecule has 0 aromatic heterocycles. The molecule has 4 atom stereocenters. The van der Waals surface area contributed by atoms with Crippen LogP contribution in [0.25, 0.3) is 0 Å². The maximum absolute atomic E-state index is 12.6. The van der Waals surface area contributed by atoms with E-state index in [9.17, 15) is 9.59 Å². The Kier molecular flexibility index (Phi) is 7.75. The van der Waals surface area contributed by atoms with Crippen molar-refractivity contribution in [3.05, 3.63) is 118 Å². The van der Waals surface area contributed by atoms with Gasteiger partial charge in [0.05, 0.1) is 36.7 Å². The Morgan fingerprint density at radius 2 is 1.04 bits per heavy atom. The van der Waals surface area contributed by atoms with E-state index in [1.54, 1.807) is 14.2 Å². The van der Waals surface area contributed by atoms with Gasteiger partial charge in [-0.05, 0) is 71.5 Å². The van der Waals surface area contributed by atoms with Crippen molar-refractivity contribution in [2.75, 3.05) is 37.1 Å². The van der Waals surface area contributed by atoms with Crippen LogP contribution in [0.5, 0.6) is 11.5 Å². The average Bonchev–Trinajstić information content (AvgIpc) is 3.10. The first-order valence-corrected chi connectivity index (χ1v) is 15.6. The second-order valence-corrected chi connectivity index (χ2v) is 12.0. The third-order valence-corrected chi connectivity index (χ3v) is 9.34. The number of benzene rings is 4. The molecule has 46 heavy (non-hydrogen) atoms. The van der Waals surface area contributed by atoms with Gasteiger partial charge in [-0.3, -0.25) is 9.59 Å². The van der Waals surface area contributed by atoms with Crippen LogP contribution in [0.2, 0.25) is 0 Å². The Morgan fingerprint density at radius 3 is 1.46 bits per heavy atom. The molecule has 4 aliphatic rings. The van der Waals surface area contributed by atoms with Gasteiger partial charge in [0, 0.05) is 25.2 Å². The zero-order valence-electron chi connectivity index (χ0n) is 25.9. The normalized spacial score (nSPS) is 22.3. The molecule has 0 saturated carbocycles. The summed E-state index contributed by atoms with van der Waals surface area (Å²) in [7, 11) is 3.29. The Labute approximate surface area is 268 Å². The monoisotopic (exact) mass is 618 g/mol. The first kappa shape index (κ1) is 29.6. The summed E-state index contributed by atoms with van der Waals surface area (Å²) in [6.45, 7) is 1.63. The molecule has 4 heterocycles. The van der Waals surface area contributed by atoms with Gasteiger partial charge in [-0.2, -0.15) is 0 Å². The summed E-state index contributed by atoms with van der Waals surface area (Å²) in [5.74, 6) is 1.45. The van der Waals surface area contributed by atoms with Gasteiger partial charge in [0.15, 0.2) is 0 Å². The summed E-state index contributed by atoms with van der Waals surface area (Å²) >= 11 is 0. The summed E-state index contributed by atoms with van der Waals surface area (Å²) in [5.41, 5.74) is 20.0. The van der Waals surface area contributed by atoms with E-state index in [4.69, 9.17) is 20.9 Å². The Bertz CT molecular complexity index is 1680. The number of para-hydroxylation sites is 2. The quantitative estimate of drug-likeness (QED) is 0.259. The minimum absolute atomic E-state index is 0.0157. The molecule has 6 N–H and O–H groups in total. The van der Waals surface area contributed by atoms with E-state index in [2.05, 4.69) is 20.4 Å². The molecule has 4 aliphatic heterocycles. The lowest BCUT2D eigenvalue weighted by Crippen LogP contribution is -2.49. The largest absolute Gasteiger partial charge is 0.497 e. The van der Waals surface area contributed by atoms with E-state index >= 15 is 0 Å². The molecular weight excluding hydrogens is 580 g/mol. The van der Waals surface area contributed by atoms with Crippen LogP contribution in [0, 0.1) is 0 Å². The van der Waals surface area contributed by atoms with E-state index in [-0.39, 0.29) is 36.2 Å². The lowest BCUT2D eigenvalue weighted by atomic mass is 9.90. The third-order valence-electron chi connectivity index (χ3n) is 9.34. The maximum atomic E-state index is 12.6. The van der Waals surface area contributed by atoms with Crippen molar-refractivity contribution in [1.29, 1.82) is 0 Å². The number of methoxy groups -OCH3 is 2. The van der Waals surface area contributed by atoms with Crippen molar-refractivity contribution >= 4 is 23.2 Å². The van der Waals surface area contributed by atoms with Gasteiger partial charge in [-0.15, -0.1) is 0 Å². The number of rotatable bonds is 4. The second kappa shape index (κ2) is 12.0. The number of anilines is 2. The van der Waals surface area contributed by atoms with Crippen LogP contribution >= 0.6 is 0 Å². The Hall–Kier alpha value is -5.06. The fourth-order valence-corrected chi connectivity index (χ4v) is 7.05. The van der Waals surface area contributed by atoms with Gasteiger partial charge in [0.1, 0.15) is 23.8 Å². The fraction of sp³-hybridized carbons (Fsp3) is 0.278. The molecule has 10 heteroatoms. The third kappa shape index (κ3) is 5.09. The Morgan fingerprint density at radius 1 is 0.630 bits per heavy atom. The van der Waals surface area contributed by atoms with E-state index in [1.165, 1.54) is 0 Å². The molecule has 8 rings (SSSR count). The van der Waals surface area contributed by atoms with Gasteiger partial charge < -0.3 is 41.4 Å². The predicted molar refractivity (Wildman–Crippen MR) is 177 cm³/mol. The van der Waals surface area contributed by atoms with Crippen molar-refractivity contribution in [2.24, 2.45) is 11.5 Å². The number of carbonyl (C=O) groups is 2. The van der Waals surface area contributed by atoms with Crippen molar-refractivity contribution in [2.45, 2.75) is 37.3 Å². The number of nitrogens with zero attached hydrogens (tertiary/aromatic N) is 2. The van der Waals surface area contributed by atoms with E-state index in [1.807, 2.05) is 84.9 Å². The summed E-state index contributed by atoms with van der Waals surface area (Å²) in [6, 6.07) is 27.2. The minimum Gasteiger partial charge on any atom is -0.497 e. The molecular formula is C36H38N6O4. The molecule has 2 amide bonds. The number of nitrogens with two attached hydrogens (primary N) is 2. The lowest BCUT2D eigenvalue weighted by Gasteiger charge is -2.44. The van der Waals surface area contributed by atoms with Gasteiger partial charge in [-0.25, -0.2) is 0 Å². The van der Waals surface area contributed by atoms with E-state index in [0.29, 0.717) is 11.1 Å². The maximum Gasteiger partial charge on any atom is 0.255 e. The van der Waals surface area contributed by atoms with E-state index < -0.39 is 0 Å². The second-order valence-electron chi connectivity index (χ2n) is 12.0. The van der Waals surface area contributed by atoms with Crippen LogP contribution in [0.1, 0.15) is 80.2 Å². The smallest absolute Gasteiger partial charge is 0.255 e. The number of hydrogen-bond donors (Lipinski definition) is 4. The molecule has 0 spiro atoms. The summed E-state index contributed by atoms with van der Waals surface area (Å²) in [6.07, 6.45) is 1.34. The summed E-state index contributed by atoms with van der Waals surface area (Å²) in [4.78, 5) is 29.6.